The Labute approximate surface area is 165 Å². The van der Waals surface area contributed by atoms with E-state index in [1.807, 2.05) is 78.9 Å². The van der Waals surface area contributed by atoms with Crippen molar-refractivity contribution in [2.45, 2.75) is 13.5 Å². The van der Waals surface area contributed by atoms with Crippen LogP contribution in [0.5, 0.6) is 17.2 Å². The summed E-state index contributed by atoms with van der Waals surface area (Å²) in [5.41, 5.74) is 1.92. The molecule has 0 N–H and O–H groups in total. The molecule has 0 bridgehead atoms. The smallest absolute Gasteiger partial charge is 0.330 e. The predicted molar refractivity (Wildman–Crippen MR) is 109 cm³/mol. The fourth-order valence-electron chi connectivity index (χ4n) is 2.52. The Hall–Kier alpha value is -3.53. The van der Waals surface area contributed by atoms with Gasteiger partial charge in [0.2, 0.25) is 0 Å². The SMILES string of the molecule is CCOC(=O)/C=C/c1ccc(Oc2cccc(COc3ccccc3)c2)cc1. The monoisotopic (exact) mass is 374 g/mol. The lowest BCUT2D eigenvalue weighted by Crippen LogP contribution is -1.98. The van der Waals surface area contributed by atoms with E-state index in [9.17, 15) is 4.79 Å². The number of rotatable bonds is 8. The van der Waals surface area contributed by atoms with E-state index in [2.05, 4.69) is 0 Å². The highest BCUT2D eigenvalue weighted by atomic mass is 16.5. The third-order valence-corrected chi connectivity index (χ3v) is 3.86. The summed E-state index contributed by atoms with van der Waals surface area (Å²) >= 11 is 0. The number of benzene rings is 3. The van der Waals surface area contributed by atoms with E-state index in [0.717, 1.165) is 28.4 Å². The van der Waals surface area contributed by atoms with E-state index in [-0.39, 0.29) is 5.97 Å². The number of hydrogen-bond donors (Lipinski definition) is 0. The first kappa shape index (κ1) is 19.2. The van der Waals surface area contributed by atoms with Crippen LogP contribution in [0.2, 0.25) is 0 Å². The van der Waals surface area contributed by atoms with Gasteiger partial charge in [0.25, 0.3) is 0 Å². The Morgan fingerprint density at radius 2 is 1.61 bits per heavy atom. The minimum Gasteiger partial charge on any atom is -0.489 e. The number of ether oxygens (including phenoxy) is 3. The molecule has 28 heavy (non-hydrogen) atoms. The summed E-state index contributed by atoms with van der Waals surface area (Å²) in [4.78, 5) is 11.4. The van der Waals surface area contributed by atoms with Gasteiger partial charge in [-0.25, -0.2) is 4.79 Å². The maximum atomic E-state index is 11.4. The van der Waals surface area contributed by atoms with Crippen molar-refractivity contribution in [2.75, 3.05) is 6.61 Å². The summed E-state index contributed by atoms with van der Waals surface area (Å²) < 4.78 is 16.6. The van der Waals surface area contributed by atoms with Gasteiger partial charge >= 0.3 is 5.97 Å². The molecule has 0 heterocycles. The Morgan fingerprint density at radius 1 is 0.857 bits per heavy atom. The average Bonchev–Trinajstić information content (AvgIpc) is 2.73. The summed E-state index contributed by atoms with van der Waals surface area (Å²) in [6, 6.07) is 25.0. The quantitative estimate of drug-likeness (QED) is 0.378. The maximum absolute atomic E-state index is 11.4. The molecular weight excluding hydrogens is 352 g/mol. The van der Waals surface area contributed by atoms with Gasteiger partial charge in [0, 0.05) is 6.08 Å². The van der Waals surface area contributed by atoms with Crippen molar-refractivity contribution < 1.29 is 19.0 Å². The first-order chi connectivity index (χ1) is 13.7. The van der Waals surface area contributed by atoms with Crippen molar-refractivity contribution in [3.05, 3.63) is 96.1 Å². The summed E-state index contributed by atoms with van der Waals surface area (Å²) in [7, 11) is 0. The summed E-state index contributed by atoms with van der Waals surface area (Å²) in [5, 5.41) is 0. The first-order valence-electron chi connectivity index (χ1n) is 9.12. The van der Waals surface area contributed by atoms with Crippen LogP contribution < -0.4 is 9.47 Å². The van der Waals surface area contributed by atoms with Crippen LogP contribution in [0.3, 0.4) is 0 Å². The molecule has 3 rings (SSSR count). The molecule has 0 unspecified atom stereocenters. The molecule has 0 aliphatic heterocycles. The molecule has 142 valence electrons. The molecule has 4 nitrogen and oxygen atoms in total. The first-order valence-corrected chi connectivity index (χ1v) is 9.12. The van der Waals surface area contributed by atoms with Crippen LogP contribution in [0, 0.1) is 0 Å². The van der Waals surface area contributed by atoms with Crippen LogP contribution in [-0.2, 0) is 16.1 Å². The third kappa shape index (κ3) is 6.02. The number of esters is 1. The Morgan fingerprint density at radius 3 is 2.36 bits per heavy atom. The molecule has 0 spiro atoms. The highest BCUT2D eigenvalue weighted by Crippen LogP contribution is 2.23. The van der Waals surface area contributed by atoms with Gasteiger partial charge in [0.15, 0.2) is 0 Å². The number of para-hydroxylation sites is 1. The van der Waals surface area contributed by atoms with Gasteiger partial charge in [-0.05, 0) is 60.5 Å². The second kappa shape index (κ2) is 9.97. The highest BCUT2D eigenvalue weighted by molar-refractivity contribution is 5.87. The molecule has 3 aromatic carbocycles. The molecule has 0 radical (unpaired) electrons. The zero-order valence-corrected chi connectivity index (χ0v) is 15.7. The molecule has 0 aliphatic carbocycles. The van der Waals surface area contributed by atoms with Crippen molar-refractivity contribution >= 4 is 12.0 Å². The van der Waals surface area contributed by atoms with Gasteiger partial charge in [0.05, 0.1) is 6.61 Å². The van der Waals surface area contributed by atoms with Crippen molar-refractivity contribution in [3.8, 4) is 17.2 Å². The van der Waals surface area contributed by atoms with Crippen molar-refractivity contribution in [1.29, 1.82) is 0 Å². The van der Waals surface area contributed by atoms with Gasteiger partial charge in [-0.3, -0.25) is 0 Å². The minimum absolute atomic E-state index is 0.350. The van der Waals surface area contributed by atoms with Gasteiger partial charge in [-0.15, -0.1) is 0 Å². The van der Waals surface area contributed by atoms with E-state index in [0.29, 0.717) is 13.2 Å². The summed E-state index contributed by atoms with van der Waals surface area (Å²) in [6.07, 6.45) is 3.12. The second-order valence-corrected chi connectivity index (χ2v) is 6.01. The average molecular weight is 374 g/mol. The van der Waals surface area contributed by atoms with Crippen LogP contribution in [0.25, 0.3) is 6.08 Å². The van der Waals surface area contributed by atoms with Crippen molar-refractivity contribution in [3.63, 3.8) is 0 Å². The highest BCUT2D eigenvalue weighted by Gasteiger charge is 2.01. The lowest BCUT2D eigenvalue weighted by molar-refractivity contribution is -0.137. The molecule has 4 heteroatoms. The van der Waals surface area contributed by atoms with E-state index in [1.54, 1.807) is 13.0 Å². The molecule has 0 saturated heterocycles. The van der Waals surface area contributed by atoms with Crippen LogP contribution >= 0.6 is 0 Å². The molecule has 0 fully saturated rings. The minimum atomic E-state index is -0.350. The zero-order chi connectivity index (χ0) is 19.6. The van der Waals surface area contributed by atoms with Gasteiger partial charge in [-0.1, -0.05) is 42.5 Å². The zero-order valence-electron chi connectivity index (χ0n) is 15.7. The van der Waals surface area contributed by atoms with Gasteiger partial charge < -0.3 is 14.2 Å². The van der Waals surface area contributed by atoms with Crippen LogP contribution in [0.4, 0.5) is 0 Å². The second-order valence-electron chi connectivity index (χ2n) is 6.01. The lowest BCUT2D eigenvalue weighted by Gasteiger charge is -2.09. The van der Waals surface area contributed by atoms with Gasteiger partial charge in [0.1, 0.15) is 23.9 Å². The Kier molecular flexibility index (Phi) is 6.85. The maximum Gasteiger partial charge on any atom is 0.330 e. The predicted octanol–water partition coefficient (Wildman–Crippen LogP) is 5.63. The normalized spacial score (nSPS) is 10.6. The molecule has 0 saturated carbocycles. The van der Waals surface area contributed by atoms with E-state index in [4.69, 9.17) is 14.2 Å². The Balaban J connectivity index is 1.58. The number of carbonyl (C=O) groups is 1. The lowest BCUT2D eigenvalue weighted by atomic mass is 10.2. The fourth-order valence-corrected chi connectivity index (χ4v) is 2.52. The molecule has 0 aliphatic rings. The molecular formula is C24H22O4. The van der Waals surface area contributed by atoms with E-state index >= 15 is 0 Å². The number of hydrogen-bond acceptors (Lipinski definition) is 4. The van der Waals surface area contributed by atoms with Crippen LogP contribution in [0.15, 0.2) is 84.9 Å². The van der Waals surface area contributed by atoms with Gasteiger partial charge in [-0.2, -0.15) is 0 Å². The van der Waals surface area contributed by atoms with Crippen molar-refractivity contribution in [2.24, 2.45) is 0 Å². The Bertz CT molecular complexity index is 915. The van der Waals surface area contributed by atoms with E-state index in [1.165, 1.54) is 6.08 Å². The van der Waals surface area contributed by atoms with E-state index < -0.39 is 0 Å². The van der Waals surface area contributed by atoms with Crippen molar-refractivity contribution in [1.82, 2.24) is 0 Å². The molecule has 0 aromatic heterocycles. The molecule has 0 amide bonds. The standard InChI is InChI=1S/C24H22O4/c1-2-26-24(25)16-13-19-11-14-22(15-12-19)28-23-10-6-7-20(17-23)18-27-21-8-4-3-5-9-21/h3-17H,2,18H2,1H3/b16-13+. The molecule has 0 atom stereocenters. The fraction of sp³-hybridized carbons (Fsp3) is 0.125. The largest absolute Gasteiger partial charge is 0.489 e. The summed E-state index contributed by atoms with van der Waals surface area (Å²) in [6.45, 7) is 2.62. The number of carbonyl (C=O) groups excluding carboxylic acids is 1. The summed E-state index contributed by atoms with van der Waals surface area (Å²) in [5.74, 6) is 1.94. The third-order valence-electron chi connectivity index (χ3n) is 3.86. The molecule has 3 aromatic rings. The topological polar surface area (TPSA) is 44.8 Å². The van der Waals surface area contributed by atoms with Crippen LogP contribution in [0.1, 0.15) is 18.1 Å². The van der Waals surface area contributed by atoms with Crippen LogP contribution in [-0.4, -0.2) is 12.6 Å².